The number of hydrogen-bond donors (Lipinski definition) is 2. The van der Waals surface area contributed by atoms with E-state index >= 15 is 0 Å². The Labute approximate surface area is 177 Å². The van der Waals surface area contributed by atoms with Gasteiger partial charge in [0.2, 0.25) is 5.91 Å². The summed E-state index contributed by atoms with van der Waals surface area (Å²) in [5.74, 6) is -0.793. The van der Waals surface area contributed by atoms with Gasteiger partial charge in [0.1, 0.15) is 5.82 Å². The fraction of sp³-hybridized carbons (Fsp3) is 0.200. The average molecular weight is 447 g/mol. The highest BCUT2D eigenvalue weighted by Crippen LogP contribution is 2.27. The van der Waals surface area contributed by atoms with Crippen molar-refractivity contribution in [2.45, 2.75) is 11.3 Å². The van der Waals surface area contributed by atoms with Gasteiger partial charge in [-0.05, 0) is 48.9 Å². The van der Waals surface area contributed by atoms with Crippen LogP contribution in [0.2, 0.25) is 0 Å². The number of nitrogens with one attached hydrogen (secondary N) is 2. The molecule has 3 aromatic rings. The summed E-state index contributed by atoms with van der Waals surface area (Å²) in [6.07, 6.45) is 2.19. The van der Waals surface area contributed by atoms with Crippen LogP contribution in [0.1, 0.15) is 6.42 Å². The topological polar surface area (TPSA) is 91.4 Å². The molecule has 156 valence electrons. The number of hydrogen-bond acceptors (Lipinski definition) is 6. The normalized spacial score (nSPS) is 16.4. The van der Waals surface area contributed by atoms with Crippen molar-refractivity contribution >= 4 is 43.8 Å². The maximum atomic E-state index is 13.3. The molecule has 0 aliphatic carbocycles. The molecule has 7 nitrogen and oxygen atoms in total. The van der Waals surface area contributed by atoms with Crippen molar-refractivity contribution in [1.29, 1.82) is 0 Å². The minimum atomic E-state index is -3.70. The van der Waals surface area contributed by atoms with Crippen LogP contribution in [0.4, 0.5) is 20.9 Å². The molecule has 1 fully saturated rings. The van der Waals surface area contributed by atoms with Crippen molar-refractivity contribution in [3.8, 4) is 0 Å². The van der Waals surface area contributed by atoms with E-state index in [0.717, 1.165) is 5.69 Å². The Balaban J connectivity index is 1.39. The smallest absolute Gasteiger partial charge is 0.263 e. The summed E-state index contributed by atoms with van der Waals surface area (Å²) < 4.78 is 40.6. The summed E-state index contributed by atoms with van der Waals surface area (Å²) in [5.41, 5.74) is 1.27. The van der Waals surface area contributed by atoms with E-state index in [1.54, 1.807) is 29.6 Å². The van der Waals surface area contributed by atoms with Crippen LogP contribution in [0.5, 0.6) is 0 Å². The zero-order valence-electron chi connectivity index (χ0n) is 15.8. The van der Waals surface area contributed by atoms with Crippen LogP contribution < -0.4 is 14.9 Å². The van der Waals surface area contributed by atoms with Gasteiger partial charge in [0, 0.05) is 36.0 Å². The number of carbonyl (C=O) groups is 1. The number of thiazole rings is 1. The van der Waals surface area contributed by atoms with Crippen LogP contribution in [0, 0.1) is 11.7 Å². The monoisotopic (exact) mass is 446 g/mol. The Bertz CT molecular complexity index is 1140. The fourth-order valence-electron chi connectivity index (χ4n) is 3.30. The predicted octanol–water partition coefficient (Wildman–Crippen LogP) is 3.55. The van der Waals surface area contributed by atoms with E-state index in [1.807, 2.05) is 4.90 Å². The SMILES string of the molecule is O=C(Nc1cccc(F)c1)C1CCN(c2ccc(S(=O)(=O)Nc3nccs3)cc2)C1. The van der Waals surface area contributed by atoms with E-state index in [-0.39, 0.29) is 16.7 Å². The van der Waals surface area contributed by atoms with Crippen LogP contribution in [-0.4, -0.2) is 32.4 Å². The van der Waals surface area contributed by atoms with Gasteiger partial charge >= 0.3 is 0 Å². The van der Waals surface area contributed by atoms with Crippen LogP contribution in [0.3, 0.4) is 0 Å². The van der Waals surface area contributed by atoms with Crippen LogP contribution in [0.15, 0.2) is 65.0 Å². The molecule has 10 heteroatoms. The second kappa shape index (κ2) is 8.41. The number of halogens is 1. The van der Waals surface area contributed by atoms with Gasteiger partial charge in [-0.2, -0.15) is 0 Å². The number of nitrogens with zero attached hydrogens (tertiary/aromatic N) is 2. The van der Waals surface area contributed by atoms with E-state index in [2.05, 4.69) is 15.0 Å². The van der Waals surface area contributed by atoms with E-state index < -0.39 is 15.8 Å². The summed E-state index contributed by atoms with van der Waals surface area (Å²) in [6.45, 7) is 1.18. The van der Waals surface area contributed by atoms with Gasteiger partial charge in [-0.3, -0.25) is 9.52 Å². The molecule has 1 saturated heterocycles. The lowest BCUT2D eigenvalue weighted by Crippen LogP contribution is -2.27. The largest absolute Gasteiger partial charge is 0.371 e. The number of amides is 1. The zero-order valence-corrected chi connectivity index (χ0v) is 17.4. The highest BCUT2D eigenvalue weighted by molar-refractivity contribution is 7.93. The maximum Gasteiger partial charge on any atom is 0.263 e. The molecule has 0 bridgehead atoms. The molecule has 2 heterocycles. The molecule has 0 spiro atoms. The number of sulfonamides is 1. The lowest BCUT2D eigenvalue weighted by atomic mass is 10.1. The maximum absolute atomic E-state index is 13.3. The van der Waals surface area contributed by atoms with Gasteiger partial charge < -0.3 is 10.2 Å². The third kappa shape index (κ3) is 4.60. The van der Waals surface area contributed by atoms with Gasteiger partial charge in [0.05, 0.1) is 10.8 Å². The first-order valence-electron chi connectivity index (χ1n) is 9.24. The molecule has 1 aliphatic rings. The van der Waals surface area contributed by atoms with E-state index in [9.17, 15) is 17.6 Å². The highest BCUT2D eigenvalue weighted by Gasteiger charge is 2.29. The molecule has 2 aromatic carbocycles. The first-order valence-corrected chi connectivity index (χ1v) is 11.6. The van der Waals surface area contributed by atoms with Crippen molar-refractivity contribution in [3.63, 3.8) is 0 Å². The number of benzene rings is 2. The molecule has 0 radical (unpaired) electrons. The van der Waals surface area contributed by atoms with Crippen molar-refractivity contribution in [1.82, 2.24) is 4.98 Å². The second-order valence-electron chi connectivity index (χ2n) is 6.87. The van der Waals surface area contributed by atoms with Gasteiger partial charge in [0.15, 0.2) is 5.13 Å². The quantitative estimate of drug-likeness (QED) is 0.604. The Morgan fingerprint density at radius 1 is 1.20 bits per heavy atom. The summed E-state index contributed by atoms with van der Waals surface area (Å²) in [6, 6.07) is 12.3. The lowest BCUT2D eigenvalue weighted by molar-refractivity contribution is -0.119. The van der Waals surface area contributed by atoms with Crippen LogP contribution in [0.25, 0.3) is 0 Å². The lowest BCUT2D eigenvalue weighted by Gasteiger charge is -2.19. The fourth-order valence-corrected chi connectivity index (χ4v) is 5.09. The van der Waals surface area contributed by atoms with Gasteiger partial charge in [0.25, 0.3) is 10.0 Å². The van der Waals surface area contributed by atoms with Crippen LogP contribution in [-0.2, 0) is 14.8 Å². The molecule has 4 rings (SSSR count). The molecule has 30 heavy (non-hydrogen) atoms. The average Bonchev–Trinajstić information content (AvgIpc) is 3.40. The first kappa shape index (κ1) is 20.3. The Morgan fingerprint density at radius 2 is 2.00 bits per heavy atom. The summed E-state index contributed by atoms with van der Waals surface area (Å²) in [7, 11) is -3.70. The van der Waals surface area contributed by atoms with Crippen molar-refractivity contribution < 1.29 is 17.6 Å². The third-order valence-corrected chi connectivity index (χ3v) is 6.99. The van der Waals surface area contributed by atoms with Crippen LogP contribution >= 0.6 is 11.3 Å². The Hall–Kier alpha value is -2.98. The standard InChI is InChI=1S/C20H19FN4O3S2/c21-15-2-1-3-16(12-15)23-19(26)14-8-10-25(13-14)17-4-6-18(7-5-17)30(27,28)24-20-22-9-11-29-20/h1-7,9,11-12,14H,8,10,13H2,(H,22,24)(H,23,26). The first-order chi connectivity index (χ1) is 14.4. The highest BCUT2D eigenvalue weighted by atomic mass is 32.2. The van der Waals surface area contributed by atoms with Crippen molar-refractivity contribution in [2.75, 3.05) is 28.0 Å². The minimum absolute atomic E-state index is 0.140. The molecule has 0 saturated carbocycles. The molecule has 1 unspecified atom stereocenters. The second-order valence-corrected chi connectivity index (χ2v) is 9.44. The van der Waals surface area contributed by atoms with Crippen molar-refractivity contribution in [3.05, 3.63) is 65.9 Å². The van der Waals surface area contributed by atoms with E-state index in [1.165, 1.54) is 41.8 Å². The summed E-state index contributed by atoms with van der Waals surface area (Å²) in [4.78, 5) is 18.6. The molecule has 1 amide bonds. The van der Waals surface area contributed by atoms with E-state index in [0.29, 0.717) is 30.3 Å². The summed E-state index contributed by atoms with van der Waals surface area (Å²) >= 11 is 1.20. The number of anilines is 3. The predicted molar refractivity (Wildman–Crippen MR) is 115 cm³/mol. The van der Waals surface area contributed by atoms with E-state index in [4.69, 9.17) is 0 Å². The molecular weight excluding hydrogens is 427 g/mol. The summed E-state index contributed by atoms with van der Waals surface area (Å²) in [5, 5.41) is 4.75. The Kier molecular flexibility index (Phi) is 5.69. The zero-order chi connectivity index (χ0) is 21.1. The molecule has 1 atom stereocenters. The third-order valence-electron chi connectivity index (χ3n) is 4.82. The number of carbonyl (C=O) groups excluding carboxylic acids is 1. The molecule has 1 aliphatic heterocycles. The number of rotatable bonds is 6. The minimum Gasteiger partial charge on any atom is -0.371 e. The van der Waals surface area contributed by atoms with Gasteiger partial charge in [-0.15, -0.1) is 11.3 Å². The molecular formula is C20H19FN4O3S2. The van der Waals surface area contributed by atoms with Gasteiger partial charge in [-0.25, -0.2) is 17.8 Å². The molecule has 2 N–H and O–H groups in total. The van der Waals surface area contributed by atoms with Gasteiger partial charge in [-0.1, -0.05) is 6.07 Å². The Morgan fingerprint density at radius 3 is 2.70 bits per heavy atom. The number of aromatic nitrogens is 1. The van der Waals surface area contributed by atoms with Crippen molar-refractivity contribution in [2.24, 2.45) is 5.92 Å². The molecule has 1 aromatic heterocycles.